The number of hydrogen-bond donors (Lipinski definition) is 1. The number of para-hydroxylation sites is 1. The predicted molar refractivity (Wildman–Crippen MR) is 150 cm³/mol. The number of nitrogens with one attached hydrogen (secondary N) is 1. The summed E-state index contributed by atoms with van der Waals surface area (Å²) in [5, 5.41) is 13.1. The normalized spacial score (nSPS) is 11.7. The molecule has 0 saturated carbocycles. The fraction of sp³-hybridized carbons (Fsp3) is 0.172. The van der Waals surface area contributed by atoms with Crippen molar-refractivity contribution in [1.82, 2.24) is 19.9 Å². The average Bonchev–Trinajstić information content (AvgIpc) is 3.65. The number of thiophene rings is 1. The molecule has 1 N–H and O–H groups in total. The number of rotatable bonds is 10. The zero-order valence-electron chi connectivity index (χ0n) is 21.8. The Labute approximate surface area is 233 Å². The number of ether oxygens (including phenoxy) is 2. The number of anilines is 1. The van der Waals surface area contributed by atoms with Crippen molar-refractivity contribution >= 4 is 39.9 Å². The third-order valence-electron chi connectivity index (χ3n) is 6.33. The first-order valence-electron chi connectivity index (χ1n) is 12.3. The van der Waals surface area contributed by atoms with Gasteiger partial charge in [-0.25, -0.2) is 9.07 Å². The summed E-state index contributed by atoms with van der Waals surface area (Å²) in [5.74, 6) is -0.226. The van der Waals surface area contributed by atoms with Gasteiger partial charge in [-0.05, 0) is 53.4 Å². The summed E-state index contributed by atoms with van der Waals surface area (Å²) in [6.45, 7) is -0.0931. The Morgan fingerprint density at radius 3 is 2.55 bits per heavy atom. The maximum atomic E-state index is 14.0. The minimum absolute atomic E-state index is 0.0570. The summed E-state index contributed by atoms with van der Waals surface area (Å²) in [5.41, 5.74) is 2.43. The van der Waals surface area contributed by atoms with Crippen molar-refractivity contribution in [3.05, 3.63) is 101 Å². The van der Waals surface area contributed by atoms with Gasteiger partial charge < -0.3 is 19.7 Å². The van der Waals surface area contributed by atoms with E-state index < -0.39 is 17.8 Å². The number of halogens is 1. The molecule has 2 heterocycles. The van der Waals surface area contributed by atoms with Crippen LogP contribution in [0.5, 0.6) is 11.5 Å². The van der Waals surface area contributed by atoms with E-state index in [4.69, 9.17) is 9.47 Å². The first-order chi connectivity index (χ1) is 19.5. The molecule has 0 bridgehead atoms. The second kappa shape index (κ2) is 12.0. The number of nitrogens with zero attached hydrogens (tertiary/aromatic N) is 4. The van der Waals surface area contributed by atoms with Crippen LogP contribution in [0.4, 0.5) is 10.1 Å². The van der Waals surface area contributed by atoms with Crippen LogP contribution in [0.25, 0.3) is 11.0 Å². The number of aromatic nitrogens is 3. The minimum Gasteiger partial charge on any atom is -0.497 e. The molecule has 2 amide bonds. The van der Waals surface area contributed by atoms with Crippen molar-refractivity contribution in [1.29, 1.82) is 0 Å². The third kappa shape index (κ3) is 5.79. The minimum atomic E-state index is -1.00. The molecule has 5 rings (SSSR count). The lowest BCUT2D eigenvalue weighted by Gasteiger charge is -2.31. The lowest BCUT2D eigenvalue weighted by molar-refractivity contribution is -0.140. The molecule has 9 nitrogen and oxygen atoms in total. The Balaban J connectivity index is 1.52. The number of hydrogen-bond acceptors (Lipinski definition) is 7. The van der Waals surface area contributed by atoms with Crippen molar-refractivity contribution in [2.75, 3.05) is 19.5 Å². The maximum Gasteiger partial charge on any atom is 0.252 e. The number of benzene rings is 3. The van der Waals surface area contributed by atoms with Gasteiger partial charge in [0.15, 0.2) is 0 Å². The molecule has 5 aromatic rings. The number of carbonyl (C=O) groups excluding carboxylic acids is 2. The van der Waals surface area contributed by atoms with Crippen molar-refractivity contribution in [3.8, 4) is 11.5 Å². The number of fused-ring (bicyclic) bond motifs is 1. The van der Waals surface area contributed by atoms with E-state index in [2.05, 4.69) is 15.6 Å². The van der Waals surface area contributed by atoms with E-state index in [1.54, 1.807) is 36.4 Å². The van der Waals surface area contributed by atoms with Crippen molar-refractivity contribution < 1.29 is 23.5 Å². The van der Waals surface area contributed by atoms with Gasteiger partial charge in [0.2, 0.25) is 5.91 Å². The summed E-state index contributed by atoms with van der Waals surface area (Å²) in [4.78, 5) is 30.1. The summed E-state index contributed by atoms with van der Waals surface area (Å²) < 4.78 is 25.9. The van der Waals surface area contributed by atoms with Crippen LogP contribution >= 0.6 is 11.3 Å². The van der Waals surface area contributed by atoms with Gasteiger partial charge in [-0.3, -0.25) is 9.59 Å². The summed E-state index contributed by atoms with van der Waals surface area (Å²) in [7, 11) is 3.03. The quantitative estimate of drug-likeness (QED) is 0.257. The van der Waals surface area contributed by atoms with Crippen LogP contribution in [0.2, 0.25) is 0 Å². The largest absolute Gasteiger partial charge is 0.497 e. The van der Waals surface area contributed by atoms with Gasteiger partial charge in [0, 0.05) is 17.5 Å². The molecule has 0 radical (unpaired) electrons. The molecule has 0 fully saturated rings. The first kappa shape index (κ1) is 26.8. The molecule has 0 aliphatic heterocycles. The van der Waals surface area contributed by atoms with Crippen LogP contribution in [-0.4, -0.2) is 45.9 Å². The van der Waals surface area contributed by atoms with Crippen LogP contribution in [0.3, 0.4) is 0 Å². The molecule has 40 heavy (non-hydrogen) atoms. The molecule has 204 valence electrons. The fourth-order valence-corrected chi connectivity index (χ4v) is 5.17. The Morgan fingerprint density at radius 2 is 1.82 bits per heavy atom. The molecule has 2 aromatic heterocycles. The number of carbonyl (C=O) groups is 2. The van der Waals surface area contributed by atoms with Crippen molar-refractivity contribution in [2.45, 2.75) is 19.1 Å². The first-order valence-corrected chi connectivity index (χ1v) is 13.2. The molecule has 0 aliphatic rings. The molecule has 3 aromatic carbocycles. The SMILES string of the molecule is COc1ccc(NC(=O)[C@@H](c2cccs2)N(Cc2ccc(F)cc2)C(=O)Cn2nnc3ccccc32)c(OC)c1. The maximum absolute atomic E-state index is 14.0. The van der Waals surface area contributed by atoms with Gasteiger partial charge in [-0.15, -0.1) is 16.4 Å². The summed E-state index contributed by atoms with van der Waals surface area (Å²) in [6.07, 6.45) is 0. The zero-order chi connectivity index (χ0) is 28.1. The number of amides is 2. The van der Waals surface area contributed by atoms with Crippen LogP contribution in [0.15, 0.2) is 84.2 Å². The molecular formula is C29H26FN5O4S. The zero-order valence-corrected chi connectivity index (χ0v) is 22.6. The smallest absolute Gasteiger partial charge is 0.252 e. The van der Waals surface area contributed by atoms with Crippen molar-refractivity contribution in [2.24, 2.45) is 0 Å². The Morgan fingerprint density at radius 1 is 1.02 bits per heavy atom. The summed E-state index contributed by atoms with van der Waals surface area (Å²) >= 11 is 1.35. The van der Waals surface area contributed by atoms with Gasteiger partial charge in [0.05, 0.1) is 25.4 Å². The monoisotopic (exact) mass is 559 g/mol. The molecule has 0 unspecified atom stereocenters. The van der Waals surface area contributed by atoms with E-state index in [1.165, 1.54) is 47.3 Å². The molecule has 1 atom stereocenters. The van der Waals surface area contributed by atoms with Crippen LogP contribution in [-0.2, 0) is 22.7 Å². The van der Waals surface area contributed by atoms with E-state index in [0.717, 1.165) is 0 Å². The molecular weight excluding hydrogens is 533 g/mol. The van der Waals surface area contributed by atoms with Gasteiger partial charge in [-0.2, -0.15) is 0 Å². The lowest BCUT2D eigenvalue weighted by Crippen LogP contribution is -2.42. The van der Waals surface area contributed by atoms with Gasteiger partial charge in [-0.1, -0.05) is 35.5 Å². The van der Waals surface area contributed by atoms with Crippen LogP contribution < -0.4 is 14.8 Å². The highest BCUT2D eigenvalue weighted by Gasteiger charge is 2.33. The second-order valence-corrected chi connectivity index (χ2v) is 9.84. The second-order valence-electron chi connectivity index (χ2n) is 8.86. The van der Waals surface area contributed by atoms with Gasteiger partial charge in [0.1, 0.15) is 35.4 Å². The Bertz CT molecular complexity index is 1620. The molecule has 11 heteroatoms. The van der Waals surface area contributed by atoms with Crippen LogP contribution in [0.1, 0.15) is 16.5 Å². The highest BCUT2D eigenvalue weighted by molar-refractivity contribution is 7.10. The predicted octanol–water partition coefficient (Wildman–Crippen LogP) is 5.06. The third-order valence-corrected chi connectivity index (χ3v) is 7.26. The van der Waals surface area contributed by atoms with E-state index in [0.29, 0.717) is 38.7 Å². The summed E-state index contributed by atoms with van der Waals surface area (Å²) in [6, 6.07) is 20.8. The van der Waals surface area contributed by atoms with Gasteiger partial charge >= 0.3 is 0 Å². The van der Waals surface area contributed by atoms with Crippen LogP contribution in [0, 0.1) is 5.82 Å². The number of methoxy groups -OCH3 is 2. The van der Waals surface area contributed by atoms with Gasteiger partial charge in [0.25, 0.3) is 5.91 Å². The average molecular weight is 560 g/mol. The van der Waals surface area contributed by atoms with Crippen molar-refractivity contribution in [3.63, 3.8) is 0 Å². The highest BCUT2D eigenvalue weighted by atomic mass is 32.1. The Hall–Kier alpha value is -4.77. The molecule has 0 spiro atoms. The van der Waals surface area contributed by atoms with E-state index in [9.17, 15) is 14.0 Å². The van der Waals surface area contributed by atoms with E-state index in [-0.39, 0.29) is 19.0 Å². The lowest BCUT2D eigenvalue weighted by atomic mass is 10.1. The standard InChI is InChI=1S/C29H26FN5O4S/c1-38-21-13-14-23(25(16-21)39-2)31-29(37)28(26-8-5-15-40-26)34(17-19-9-11-20(30)12-10-19)27(36)18-35-24-7-4-3-6-22(24)32-33-35/h3-16,28H,17-18H2,1-2H3,(H,31,37)/t28-/m1/s1. The van der Waals surface area contributed by atoms with E-state index >= 15 is 0 Å². The van der Waals surface area contributed by atoms with E-state index in [1.807, 2.05) is 35.7 Å². The fourth-order valence-electron chi connectivity index (χ4n) is 4.34. The topological polar surface area (TPSA) is 98.6 Å². The highest BCUT2D eigenvalue weighted by Crippen LogP contribution is 2.33. The molecule has 0 aliphatic carbocycles. The Kier molecular flexibility index (Phi) is 8.02. The molecule has 0 saturated heterocycles.